The standard InChI is InChI=1S/C38H57N3O7S/c1-25(2)19-20-26(3)41(34(44)30(21-22-49-10)40-36(46)48-38(7,8)9)32(28-17-14-18-29(42)24-28)33(43)39-31(35(45)47-37(4,5)6)23-27-15-12-11-13-16-27/h11-18,24-26,30-32,42H,19-23H2,1-10H3,(H,39,43)(H,40,46). The van der Waals surface area contributed by atoms with Gasteiger partial charge in [-0.1, -0.05) is 56.3 Å². The molecule has 49 heavy (non-hydrogen) atoms. The summed E-state index contributed by atoms with van der Waals surface area (Å²) in [6.07, 6.45) is 2.94. The van der Waals surface area contributed by atoms with Crippen LogP contribution in [0.2, 0.25) is 0 Å². The second kappa shape index (κ2) is 18.9. The maximum absolute atomic E-state index is 14.8. The first-order valence-electron chi connectivity index (χ1n) is 17.0. The minimum Gasteiger partial charge on any atom is -0.508 e. The quantitative estimate of drug-likeness (QED) is 0.163. The van der Waals surface area contributed by atoms with Gasteiger partial charge in [0, 0.05) is 12.5 Å². The maximum atomic E-state index is 14.8. The van der Waals surface area contributed by atoms with Gasteiger partial charge in [0.05, 0.1) is 0 Å². The number of aromatic hydroxyl groups is 1. The number of benzene rings is 2. The van der Waals surface area contributed by atoms with E-state index < -0.39 is 59.2 Å². The molecule has 4 atom stereocenters. The van der Waals surface area contributed by atoms with E-state index in [1.165, 1.54) is 28.8 Å². The maximum Gasteiger partial charge on any atom is 0.408 e. The number of amides is 3. The van der Waals surface area contributed by atoms with Crippen LogP contribution < -0.4 is 10.6 Å². The number of nitrogens with one attached hydrogen (secondary N) is 2. The Hall–Kier alpha value is -3.73. The molecule has 0 radical (unpaired) electrons. The lowest BCUT2D eigenvalue weighted by Crippen LogP contribution is -2.57. The molecule has 4 unspecified atom stereocenters. The van der Waals surface area contributed by atoms with Crippen molar-refractivity contribution in [1.82, 2.24) is 15.5 Å². The number of hydrogen-bond acceptors (Lipinski definition) is 8. The van der Waals surface area contributed by atoms with Crippen molar-refractivity contribution in [2.45, 2.75) is 123 Å². The second-order valence-electron chi connectivity index (χ2n) is 14.8. The van der Waals surface area contributed by atoms with Crippen LogP contribution in [0.25, 0.3) is 0 Å². The van der Waals surface area contributed by atoms with E-state index in [1.807, 2.05) is 43.5 Å². The molecule has 10 nitrogen and oxygen atoms in total. The fraction of sp³-hybridized carbons (Fsp3) is 0.579. The Balaban J connectivity index is 2.70. The molecule has 0 aliphatic heterocycles. The van der Waals surface area contributed by atoms with Gasteiger partial charge in [-0.3, -0.25) is 9.59 Å². The average Bonchev–Trinajstić information content (AvgIpc) is 2.98. The van der Waals surface area contributed by atoms with Crippen LogP contribution in [0.3, 0.4) is 0 Å². The Morgan fingerprint density at radius 2 is 1.45 bits per heavy atom. The average molecular weight is 700 g/mol. The molecule has 0 aromatic heterocycles. The predicted octanol–water partition coefficient (Wildman–Crippen LogP) is 6.80. The van der Waals surface area contributed by atoms with Crippen LogP contribution in [0.5, 0.6) is 5.75 Å². The highest BCUT2D eigenvalue weighted by atomic mass is 32.2. The van der Waals surface area contributed by atoms with E-state index in [1.54, 1.807) is 53.7 Å². The molecule has 0 heterocycles. The third kappa shape index (κ3) is 14.7. The highest BCUT2D eigenvalue weighted by Gasteiger charge is 2.40. The molecule has 0 aliphatic carbocycles. The Labute approximate surface area is 297 Å². The third-order valence-corrected chi connectivity index (χ3v) is 8.14. The van der Waals surface area contributed by atoms with E-state index >= 15 is 0 Å². The molecule has 0 bridgehead atoms. The van der Waals surface area contributed by atoms with E-state index in [0.29, 0.717) is 23.7 Å². The lowest BCUT2D eigenvalue weighted by Gasteiger charge is -2.39. The number of hydrogen-bond donors (Lipinski definition) is 3. The number of nitrogens with zero attached hydrogens (tertiary/aromatic N) is 1. The van der Waals surface area contributed by atoms with Crippen molar-refractivity contribution in [3.63, 3.8) is 0 Å². The summed E-state index contributed by atoms with van der Waals surface area (Å²) in [5.41, 5.74) is -0.441. The number of esters is 1. The van der Waals surface area contributed by atoms with Gasteiger partial charge in [0.2, 0.25) is 11.8 Å². The first-order valence-corrected chi connectivity index (χ1v) is 18.4. The normalized spacial score (nSPS) is 14.3. The van der Waals surface area contributed by atoms with E-state index in [-0.39, 0.29) is 18.6 Å². The molecule has 2 aromatic rings. The van der Waals surface area contributed by atoms with Gasteiger partial charge in [0.25, 0.3) is 0 Å². The van der Waals surface area contributed by atoms with Gasteiger partial charge in [-0.25, -0.2) is 9.59 Å². The first kappa shape index (κ1) is 41.4. The summed E-state index contributed by atoms with van der Waals surface area (Å²) in [5, 5.41) is 16.2. The van der Waals surface area contributed by atoms with Crippen LogP contribution in [-0.4, -0.2) is 75.2 Å². The SMILES string of the molecule is CSCCC(NC(=O)OC(C)(C)C)C(=O)N(C(C)CCC(C)C)C(C(=O)NC(Cc1ccccc1)C(=O)OC(C)(C)C)c1cccc(O)c1. The van der Waals surface area contributed by atoms with E-state index in [0.717, 1.165) is 12.0 Å². The number of rotatable bonds is 16. The minimum atomic E-state index is -1.26. The van der Waals surface area contributed by atoms with Gasteiger partial charge in [-0.05, 0) is 109 Å². The molecular weight excluding hydrogens is 642 g/mol. The monoisotopic (exact) mass is 699 g/mol. The van der Waals surface area contributed by atoms with E-state index in [2.05, 4.69) is 24.5 Å². The molecule has 2 aromatic carbocycles. The predicted molar refractivity (Wildman–Crippen MR) is 195 cm³/mol. The summed E-state index contributed by atoms with van der Waals surface area (Å²) in [6, 6.07) is 11.6. The summed E-state index contributed by atoms with van der Waals surface area (Å²) in [7, 11) is 0. The molecule has 2 rings (SSSR count). The zero-order chi connectivity index (χ0) is 36.9. The molecule has 0 saturated carbocycles. The lowest BCUT2D eigenvalue weighted by molar-refractivity contribution is -0.159. The number of ether oxygens (including phenoxy) is 2. The van der Waals surface area contributed by atoms with E-state index in [4.69, 9.17) is 9.47 Å². The van der Waals surface area contributed by atoms with Crippen LogP contribution in [0.4, 0.5) is 4.79 Å². The van der Waals surface area contributed by atoms with Crippen molar-refractivity contribution < 1.29 is 33.8 Å². The van der Waals surface area contributed by atoms with Gasteiger partial charge >= 0.3 is 12.1 Å². The molecule has 0 fully saturated rings. The smallest absolute Gasteiger partial charge is 0.408 e. The largest absolute Gasteiger partial charge is 0.508 e. The number of phenols is 1. The molecule has 0 spiro atoms. The van der Waals surface area contributed by atoms with Gasteiger partial charge in [-0.2, -0.15) is 11.8 Å². The Bertz CT molecular complexity index is 1370. The second-order valence-corrected chi connectivity index (χ2v) is 15.8. The molecule has 3 amide bonds. The van der Waals surface area contributed by atoms with Crippen LogP contribution in [0.15, 0.2) is 54.6 Å². The minimum absolute atomic E-state index is 0.0867. The molecule has 0 aliphatic rings. The summed E-state index contributed by atoms with van der Waals surface area (Å²) in [4.78, 5) is 57.5. The van der Waals surface area contributed by atoms with Gasteiger partial charge in [-0.15, -0.1) is 0 Å². The number of carbonyl (C=O) groups is 4. The third-order valence-electron chi connectivity index (χ3n) is 7.49. The molecule has 0 saturated heterocycles. The van der Waals surface area contributed by atoms with Crippen molar-refractivity contribution in [2.75, 3.05) is 12.0 Å². The van der Waals surface area contributed by atoms with Crippen molar-refractivity contribution in [3.05, 3.63) is 65.7 Å². The van der Waals surface area contributed by atoms with E-state index in [9.17, 15) is 24.3 Å². The van der Waals surface area contributed by atoms with Gasteiger partial charge < -0.3 is 30.1 Å². The van der Waals surface area contributed by atoms with Crippen LogP contribution in [0, 0.1) is 5.92 Å². The molecular formula is C38H57N3O7S. The summed E-state index contributed by atoms with van der Waals surface area (Å²) in [6.45, 7) is 16.5. The number of phenolic OH excluding ortho intramolecular Hbond substituents is 1. The summed E-state index contributed by atoms with van der Waals surface area (Å²) < 4.78 is 11.2. The van der Waals surface area contributed by atoms with Crippen LogP contribution in [0.1, 0.15) is 98.7 Å². The zero-order valence-electron chi connectivity index (χ0n) is 30.9. The van der Waals surface area contributed by atoms with Gasteiger partial charge in [0.1, 0.15) is 35.1 Å². The zero-order valence-corrected chi connectivity index (χ0v) is 31.7. The topological polar surface area (TPSA) is 134 Å². The van der Waals surface area contributed by atoms with Crippen LogP contribution >= 0.6 is 11.8 Å². The highest BCUT2D eigenvalue weighted by molar-refractivity contribution is 7.98. The van der Waals surface area contributed by atoms with Crippen molar-refractivity contribution in [3.8, 4) is 5.75 Å². The number of thioether (sulfide) groups is 1. The summed E-state index contributed by atoms with van der Waals surface area (Å²) in [5.74, 6) is -0.922. The molecule has 11 heteroatoms. The Morgan fingerprint density at radius 3 is 2.00 bits per heavy atom. The fourth-order valence-corrected chi connectivity index (χ4v) is 5.71. The van der Waals surface area contributed by atoms with Crippen molar-refractivity contribution >= 4 is 35.6 Å². The fourth-order valence-electron chi connectivity index (χ4n) is 5.24. The summed E-state index contributed by atoms with van der Waals surface area (Å²) >= 11 is 1.53. The number of carbonyl (C=O) groups excluding carboxylic acids is 4. The van der Waals surface area contributed by atoms with Crippen molar-refractivity contribution in [2.24, 2.45) is 5.92 Å². The van der Waals surface area contributed by atoms with Crippen molar-refractivity contribution in [1.29, 1.82) is 0 Å². The Kier molecular flexibility index (Phi) is 16.0. The molecule has 272 valence electrons. The van der Waals surface area contributed by atoms with Crippen LogP contribution in [-0.2, 0) is 30.3 Å². The van der Waals surface area contributed by atoms with Gasteiger partial charge in [0.15, 0.2) is 0 Å². The lowest BCUT2D eigenvalue weighted by atomic mass is 9.96. The first-order chi connectivity index (χ1) is 22.8. The number of alkyl carbamates (subject to hydrolysis) is 1. The molecule has 3 N–H and O–H groups in total. The Morgan fingerprint density at radius 1 is 0.816 bits per heavy atom. The highest BCUT2D eigenvalue weighted by Crippen LogP contribution is 2.30.